The molecule has 0 radical (unpaired) electrons. The van der Waals surface area contributed by atoms with Gasteiger partial charge in [0.2, 0.25) is 23.6 Å². The molecule has 16 nitrogen and oxygen atoms in total. The molecular formula is C50H63ClN8O8. The number of fused-ring (bicyclic) bond motifs is 5. The van der Waals surface area contributed by atoms with Gasteiger partial charge in [0, 0.05) is 41.7 Å². The molecule has 1 heterocycles. The number of benzene rings is 4. The summed E-state index contributed by atoms with van der Waals surface area (Å²) in [6.07, 6.45) is 2.14. The number of nitrogens with zero attached hydrogens (tertiary/aromatic N) is 1. The molecule has 0 unspecified atom stereocenters. The van der Waals surface area contributed by atoms with Crippen molar-refractivity contribution < 1.29 is 38.6 Å². The number of ketones is 1. The molecule has 67 heavy (non-hydrogen) atoms. The van der Waals surface area contributed by atoms with Gasteiger partial charge in [-0.15, -0.1) is 0 Å². The number of aromatic hydroxyl groups is 1. The minimum atomic E-state index is -1.39. The van der Waals surface area contributed by atoms with Crippen LogP contribution in [-0.2, 0) is 30.4 Å². The lowest BCUT2D eigenvalue weighted by Gasteiger charge is -2.32. The van der Waals surface area contributed by atoms with E-state index >= 15 is 0 Å². The van der Waals surface area contributed by atoms with Gasteiger partial charge in [-0.05, 0) is 144 Å². The Morgan fingerprint density at radius 2 is 1.57 bits per heavy atom. The third kappa shape index (κ3) is 14.3. The molecule has 0 spiro atoms. The lowest BCUT2D eigenvalue weighted by atomic mass is 9.93. The number of hydrogen-bond acceptors (Lipinski definition) is 11. The number of carbonyl (C=O) groups excluding carboxylic acids is 6. The lowest BCUT2D eigenvalue weighted by molar-refractivity contribution is -0.141. The van der Waals surface area contributed by atoms with E-state index in [-0.39, 0.29) is 31.0 Å². The molecule has 0 fully saturated rings. The molecule has 5 atom stereocenters. The second-order valence-electron chi connectivity index (χ2n) is 16.7. The summed E-state index contributed by atoms with van der Waals surface area (Å²) in [5, 5.41) is 29.5. The monoisotopic (exact) mass is 938 g/mol. The molecule has 4 aromatic carbocycles. The summed E-state index contributed by atoms with van der Waals surface area (Å²) in [6.45, 7) is 7.05. The van der Waals surface area contributed by atoms with Crippen LogP contribution in [-0.4, -0.2) is 116 Å². The third-order valence-corrected chi connectivity index (χ3v) is 11.9. The first-order chi connectivity index (χ1) is 32.1. The number of phenols is 1. The number of Topliss-reactive ketones (excluding diaryl/α,β-unsaturated/α-hetero) is 1. The number of unbranched alkanes of at least 4 members (excludes halogenated alkanes) is 1. The van der Waals surface area contributed by atoms with Crippen LogP contribution >= 0.6 is 11.6 Å². The van der Waals surface area contributed by atoms with Crippen molar-refractivity contribution in [2.24, 2.45) is 5.73 Å². The average molecular weight is 940 g/mol. The normalized spacial score (nSPS) is 16.9. The van der Waals surface area contributed by atoms with Crippen LogP contribution in [0.5, 0.6) is 11.5 Å². The van der Waals surface area contributed by atoms with Crippen molar-refractivity contribution >= 4 is 46.9 Å². The highest BCUT2D eigenvalue weighted by Gasteiger charge is 2.36. The summed E-state index contributed by atoms with van der Waals surface area (Å²) in [6, 6.07) is 18.2. The Balaban J connectivity index is 1.54. The van der Waals surface area contributed by atoms with Crippen molar-refractivity contribution in [3.8, 4) is 33.8 Å². The molecule has 0 saturated carbocycles. The second-order valence-corrected chi connectivity index (χ2v) is 17.2. The predicted molar refractivity (Wildman–Crippen MR) is 259 cm³/mol. The largest absolute Gasteiger partial charge is 0.507 e. The standard InChI is InChI=1S/C50H63ClN8O8/c1-30(32(3)60)55-48(64)42-28-33-10-20-43(61)39(27-33)40-29-37(17-21-44(40)67-26-25-54-24-8-23-53-4)45(49(65)56-31(2)46(62)58-42)59(5)50(66)41(9-6-7-22-52)57-47(63)36-13-11-34(12-14-36)35-15-18-38(51)19-16-35/h10-21,27,29-31,41-42,45,53-54,61H,6-9,22-26,28,52H2,1-5H3,(H,55,64)(H,56,65)(H,57,63)(H,58,62)/t30-,31-,41-,42-,45-/m0/s1. The maximum absolute atomic E-state index is 14.8. The number of nitrogens with two attached hydrogens (primary N) is 1. The van der Waals surface area contributed by atoms with Crippen LogP contribution in [0.3, 0.4) is 0 Å². The smallest absolute Gasteiger partial charge is 0.251 e. The maximum Gasteiger partial charge on any atom is 0.251 e. The predicted octanol–water partition coefficient (Wildman–Crippen LogP) is 4.02. The molecule has 4 bridgehead atoms. The van der Waals surface area contributed by atoms with Gasteiger partial charge in [0.1, 0.15) is 42.3 Å². The summed E-state index contributed by atoms with van der Waals surface area (Å²) in [7, 11) is 3.33. The molecule has 4 aromatic rings. The van der Waals surface area contributed by atoms with Gasteiger partial charge in [0.25, 0.3) is 5.91 Å². The van der Waals surface area contributed by atoms with E-state index in [2.05, 4.69) is 31.9 Å². The Bertz CT molecular complexity index is 2360. The highest BCUT2D eigenvalue weighted by molar-refractivity contribution is 6.30. The molecule has 1 aliphatic heterocycles. The summed E-state index contributed by atoms with van der Waals surface area (Å²) >= 11 is 6.07. The zero-order valence-corrected chi connectivity index (χ0v) is 39.5. The molecule has 0 saturated heterocycles. The molecule has 358 valence electrons. The van der Waals surface area contributed by atoms with Crippen molar-refractivity contribution in [2.45, 2.75) is 83.1 Å². The van der Waals surface area contributed by atoms with Crippen molar-refractivity contribution in [3.63, 3.8) is 0 Å². The van der Waals surface area contributed by atoms with E-state index in [9.17, 15) is 33.9 Å². The van der Waals surface area contributed by atoms with Gasteiger partial charge in [-0.25, -0.2) is 0 Å². The number of rotatable bonds is 20. The van der Waals surface area contributed by atoms with Gasteiger partial charge in [0.15, 0.2) is 5.78 Å². The number of amides is 5. The van der Waals surface area contributed by atoms with Crippen LogP contribution in [0.15, 0.2) is 84.9 Å². The summed E-state index contributed by atoms with van der Waals surface area (Å²) in [4.78, 5) is 84.1. The minimum absolute atomic E-state index is 0.0355. The Morgan fingerprint density at radius 1 is 0.866 bits per heavy atom. The summed E-state index contributed by atoms with van der Waals surface area (Å²) in [5.74, 6) is -3.23. The first-order valence-corrected chi connectivity index (χ1v) is 23.0. The highest BCUT2D eigenvalue weighted by atomic mass is 35.5. The van der Waals surface area contributed by atoms with Crippen molar-refractivity contribution in [1.29, 1.82) is 0 Å². The number of carbonyl (C=O) groups is 6. The van der Waals surface area contributed by atoms with Crippen LogP contribution in [0.4, 0.5) is 0 Å². The second kappa shape index (κ2) is 25.0. The molecule has 0 aliphatic carbocycles. The van der Waals surface area contributed by atoms with Crippen LogP contribution in [0.2, 0.25) is 5.02 Å². The van der Waals surface area contributed by atoms with Crippen molar-refractivity contribution in [3.05, 3.63) is 107 Å². The van der Waals surface area contributed by atoms with E-state index in [1.165, 1.54) is 38.8 Å². The fourth-order valence-corrected chi connectivity index (χ4v) is 7.74. The van der Waals surface area contributed by atoms with E-state index in [4.69, 9.17) is 22.1 Å². The number of ether oxygens (including phenoxy) is 1. The SMILES string of the molecule is CNCCCNCCOc1ccc2cc1-c1cc(ccc1O)C[C@@H](C(=O)N[C@@H](C)C(C)=O)NC(=O)[C@H](C)NC(=O)[C@H]2N(C)C(=O)[C@H](CCCCN)NC(=O)c1ccc(-c2ccc(Cl)cc2)cc1. The van der Waals surface area contributed by atoms with Crippen LogP contribution in [0, 0.1) is 0 Å². The Labute approximate surface area is 397 Å². The van der Waals surface area contributed by atoms with Gasteiger partial charge < -0.3 is 52.4 Å². The fraction of sp³-hybridized carbons (Fsp3) is 0.400. The topological polar surface area (TPSA) is 233 Å². The van der Waals surface area contributed by atoms with Crippen LogP contribution in [0.1, 0.15) is 74.0 Å². The first kappa shape index (κ1) is 51.7. The zero-order valence-electron chi connectivity index (χ0n) is 38.7. The Kier molecular flexibility index (Phi) is 19.3. The summed E-state index contributed by atoms with van der Waals surface area (Å²) in [5.41, 5.74) is 9.47. The van der Waals surface area contributed by atoms with Gasteiger partial charge >= 0.3 is 0 Å². The van der Waals surface area contributed by atoms with Gasteiger partial charge in [-0.1, -0.05) is 48.0 Å². The molecule has 9 N–H and O–H groups in total. The molecule has 5 amide bonds. The van der Waals surface area contributed by atoms with E-state index in [0.29, 0.717) is 64.5 Å². The van der Waals surface area contributed by atoms with Crippen molar-refractivity contribution in [1.82, 2.24) is 36.8 Å². The van der Waals surface area contributed by atoms with Gasteiger partial charge in [-0.3, -0.25) is 28.8 Å². The lowest BCUT2D eigenvalue weighted by Crippen LogP contribution is -2.56. The van der Waals surface area contributed by atoms with E-state index < -0.39 is 59.7 Å². The van der Waals surface area contributed by atoms with Crippen molar-refractivity contribution in [2.75, 3.05) is 46.9 Å². The zero-order chi connectivity index (χ0) is 48.6. The summed E-state index contributed by atoms with van der Waals surface area (Å²) < 4.78 is 6.30. The van der Waals surface area contributed by atoms with E-state index in [0.717, 1.165) is 30.6 Å². The van der Waals surface area contributed by atoms with Crippen LogP contribution < -0.4 is 42.4 Å². The number of halogens is 1. The molecular weight excluding hydrogens is 876 g/mol. The number of likely N-dealkylation sites (N-methyl/N-ethyl adjacent to an activating group) is 1. The van der Waals surface area contributed by atoms with Crippen LogP contribution in [0.25, 0.3) is 22.3 Å². The van der Waals surface area contributed by atoms with E-state index in [1.807, 2.05) is 19.2 Å². The molecule has 0 aromatic heterocycles. The maximum atomic E-state index is 14.8. The minimum Gasteiger partial charge on any atom is -0.507 e. The molecule has 17 heteroatoms. The number of phenolic OH excluding ortho intramolecular Hbond substituents is 1. The number of hydrogen-bond donors (Lipinski definition) is 8. The average Bonchev–Trinajstić information content (AvgIpc) is 3.31. The van der Waals surface area contributed by atoms with E-state index in [1.54, 1.807) is 66.7 Å². The first-order valence-electron chi connectivity index (χ1n) is 22.6. The Hall–Kier alpha value is -6.33. The quantitative estimate of drug-likeness (QED) is 0.0590. The van der Waals surface area contributed by atoms with Gasteiger partial charge in [-0.2, -0.15) is 0 Å². The molecule has 1 aliphatic rings. The number of nitrogens with one attached hydrogen (secondary N) is 6. The Morgan fingerprint density at radius 3 is 2.24 bits per heavy atom. The molecule has 5 rings (SSSR count). The third-order valence-electron chi connectivity index (χ3n) is 11.6. The van der Waals surface area contributed by atoms with Gasteiger partial charge in [0.05, 0.1) is 6.04 Å². The fourth-order valence-electron chi connectivity index (χ4n) is 7.62. The highest BCUT2D eigenvalue weighted by Crippen LogP contribution is 2.39.